The summed E-state index contributed by atoms with van der Waals surface area (Å²) in [6, 6.07) is 2.99. The first-order valence-electron chi connectivity index (χ1n) is 8.77. The molecule has 3 rings (SSSR count). The van der Waals surface area contributed by atoms with E-state index >= 15 is 0 Å². The molecule has 0 fully saturated rings. The minimum Gasteiger partial charge on any atom is -0.488 e. The van der Waals surface area contributed by atoms with Gasteiger partial charge in [0.15, 0.2) is 10.8 Å². The SMILES string of the molecule is COC[C@@H](C)Nc1cc(C(=O)Nc2nnc(-c3c(Cl)ccn3C)s2)oc(=O)c1OC. The minimum absolute atomic E-state index is 0.0361. The lowest BCUT2D eigenvalue weighted by molar-refractivity contribution is 0.0991. The molecule has 1 amide bonds. The van der Waals surface area contributed by atoms with Crippen molar-refractivity contribution in [2.24, 2.45) is 7.05 Å². The minimum atomic E-state index is -0.786. The Bertz CT molecular complexity index is 1090. The third kappa shape index (κ3) is 4.64. The summed E-state index contributed by atoms with van der Waals surface area (Å²) in [4.78, 5) is 24.9. The normalized spacial score (nSPS) is 11.9. The number of nitrogens with one attached hydrogen (secondary N) is 2. The second-order valence-electron chi connectivity index (χ2n) is 6.34. The van der Waals surface area contributed by atoms with Gasteiger partial charge in [-0.1, -0.05) is 22.9 Å². The lowest BCUT2D eigenvalue weighted by atomic mass is 10.2. The lowest BCUT2D eigenvalue weighted by Crippen LogP contribution is -2.23. The second kappa shape index (κ2) is 9.28. The van der Waals surface area contributed by atoms with Crippen molar-refractivity contribution in [2.75, 3.05) is 31.5 Å². The third-order valence-electron chi connectivity index (χ3n) is 4.03. The third-order valence-corrected chi connectivity index (χ3v) is 5.18. The Morgan fingerprint density at radius 3 is 2.80 bits per heavy atom. The fraction of sp³-hybridized carbons (Fsp3) is 0.333. The van der Waals surface area contributed by atoms with Crippen LogP contribution in [0, 0.1) is 0 Å². The van der Waals surface area contributed by atoms with Crippen molar-refractivity contribution in [3.05, 3.63) is 39.5 Å². The molecule has 10 nitrogen and oxygen atoms in total. The Labute approximate surface area is 180 Å². The summed E-state index contributed by atoms with van der Waals surface area (Å²) >= 11 is 7.31. The molecule has 0 unspecified atom stereocenters. The highest BCUT2D eigenvalue weighted by atomic mass is 35.5. The molecule has 30 heavy (non-hydrogen) atoms. The zero-order valence-corrected chi connectivity index (χ0v) is 18.3. The van der Waals surface area contributed by atoms with Crippen LogP contribution in [-0.2, 0) is 11.8 Å². The Balaban J connectivity index is 1.83. The summed E-state index contributed by atoms with van der Waals surface area (Å²) < 4.78 is 17.1. The van der Waals surface area contributed by atoms with E-state index in [1.807, 2.05) is 14.0 Å². The summed E-state index contributed by atoms with van der Waals surface area (Å²) in [7, 11) is 4.73. The van der Waals surface area contributed by atoms with Crippen LogP contribution in [0.5, 0.6) is 5.75 Å². The number of aryl methyl sites for hydroxylation is 1. The number of amides is 1. The molecule has 0 saturated carbocycles. The topological polar surface area (TPSA) is 121 Å². The number of nitrogens with zero attached hydrogens (tertiary/aromatic N) is 3. The van der Waals surface area contributed by atoms with Gasteiger partial charge in [-0.2, -0.15) is 0 Å². The van der Waals surface area contributed by atoms with Gasteiger partial charge in [-0.25, -0.2) is 4.79 Å². The van der Waals surface area contributed by atoms with Crippen LogP contribution in [0.15, 0.2) is 27.5 Å². The molecule has 0 radical (unpaired) electrons. The molecule has 12 heteroatoms. The van der Waals surface area contributed by atoms with Gasteiger partial charge in [0, 0.05) is 32.5 Å². The van der Waals surface area contributed by atoms with Crippen LogP contribution in [0.25, 0.3) is 10.7 Å². The largest absolute Gasteiger partial charge is 0.488 e. The molecule has 3 aromatic heterocycles. The first kappa shape index (κ1) is 21.8. The van der Waals surface area contributed by atoms with Crippen LogP contribution < -0.4 is 21.0 Å². The number of rotatable bonds is 8. The van der Waals surface area contributed by atoms with Gasteiger partial charge >= 0.3 is 5.63 Å². The maximum atomic E-state index is 12.6. The smallest absolute Gasteiger partial charge is 0.381 e. The highest BCUT2D eigenvalue weighted by molar-refractivity contribution is 7.18. The predicted molar refractivity (Wildman–Crippen MR) is 114 cm³/mol. The lowest BCUT2D eigenvalue weighted by Gasteiger charge is -2.16. The first-order chi connectivity index (χ1) is 14.3. The van der Waals surface area contributed by atoms with Gasteiger partial charge in [-0.3, -0.25) is 10.1 Å². The van der Waals surface area contributed by atoms with Crippen LogP contribution in [0.3, 0.4) is 0 Å². The number of aromatic nitrogens is 3. The van der Waals surface area contributed by atoms with E-state index in [0.29, 0.717) is 28.0 Å². The van der Waals surface area contributed by atoms with Gasteiger partial charge in [0.05, 0.1) is 30.1 Å². The van der Waals surface area contributed by atoms with E-state index in [2.05, 4.69) is 20.8 Å². The van der Waals surface area contributed by atoms with Crippen molar-refractivity contribution < 1.29 is 18.7 Å². The number of methoxy groups -OCH3 is 2. The fourth-order valence-electron chi connectivity index (χ4n) is 2.73. The Kier molecular flexibility index (Phi) is 6.75. The Hall–Kier alpha value is -2.89. The molecule has 0 bridgehead atoms. The number of ether oxygens (including phenoxy) is 2. The van der Waals surface area contributed by atoms with Gasteiger partial charge in [-0.15, -0.1) is 10.2 Å². The molecule has 3 aromatic rings. The zero-order valence-electron chi connectivity index (χ0n) is 16.7. The maximum absolute atomic E-state index is 12.6. The van der Waals surface area contributed by atoms with E-state index in [0.717, 1.165) is 11.3 Å². The summed E-state index contributed by atoms with van der Waals surface area (Å²) in [6.45, 7) is 2.25. The summed E-state index contributed by atoms with van der Waals surface area (Å²) in [5, 5.41) is 14.9. The molecule has 160 valence electrons. The van der Waals surface area contributed by atoms with Crippen molar-refractivity contribution in [1.82, 2.24) is 14.8 Å². The van der Waals surface area contributed by atoms with Crippen LogP contribution in [-0.4, -0.2) is 47.5 Å². The number of hydrogen-bond acceptors (Lipinski definition) is 9. The van der Waals surface area contributed by atoms with E-state index in [1.54, 1.807) is 23.9 Å². The molecule has 0 aliphatic rings. The number of hydrogen-bond donors (Lipinski definition) is 2. The summed E-state index contributed by atoms with van der Waals surface area (Å²) in [5.74, 6) is -0.898. The van der Waals surface area contributed by atoms with Crippen molar-refractivity contribution in [1.29, 1.82) is 0 Å². The molecule has 0 spiro atoms. The number of anilines is 2. The molecular weight excluding hydrogens is 434 g/mol. The number of carbonyl (C=O) groups excluding carboxylic acids is 1. The van der Waals surface area contributed by atoms with E-state index in [4.69, 9.17) is 25.5 Å². The predicted octanol–water partition coefficient (Wildman–Crippen LogP) is 2.86. The molecule has 0 aliphatic carbocycles. The van der Waals surface area contributed by atoms with Crippen LogP contribution in [0.2, 0.25) is 5.02 Å². The van der Waals surface area contributed by atoms with Gasteiger partial charge < -0.3 is 23.8 Å². The molecule has 3 heterocycles. The highest BCUT2D eigenvalue weighted by Crippen LogP contribution is 2.32. The molecule has 2 N–H and O–H groups in total. The van der Waals surface area contributed by atoms with Gasteiger partial charge in [0.2, 0.25) is 10.9 Å². The van der Waals surface area contributed by atoms with E-state index in [-0.39, 0.29) is 22.7 Å². The van der Waals surface area contributed by atoms with Gasteiger partial charge in [0.1, 0.15) is 0 Å². The number of halogens is 1. The Morgan fingerprint density at radius 2 is 2.17 bits per heavy atom. The van der Waals surface area contributed by atoms with E-state index in [1.165, 1.54) is 13.2 Å². The zero-order chi connectivity index (χ0) is 21.8. The summed E-state index contributed by atoms with van der Waals surface area (Å²) in [6.07, 6.45) is 1.79. The molecular formula is C18H20ClN5O5S. The monoisotopic (exact) mass is 453 g/mol. The average molecular weight is 454 g/mol. The molecule has 1 atom stereocenters. The van der Waals surface area contributed by atoms with Gasteiger partial charge in [0.25, 0.3) is 5.91 Å². The quantitative estimate of drug-likeness (QED) is 0.534. The van der Waals surface area contributed by atoms with E-state index < -0.39 is 11.5 Å². The molecule has 0 aromatic carbocycles. The first-order valence-corrected chi connectivity index (χ1v) is 9.97. The average Bonchev–Trinajstić information content (AvgIpc) is 3.27. The van der Waals surface area contributed by atoms with Crippen molar-refractivity contribution >= 4 is 39.7 Å². The fourth-order valence-corrected chi connectivity index (χ4v) is 3.91. The highest BCUT2D eigenvalue weighted by Gasteiger charge is 2.20. The van der Waals surface area contributed by atoms with Gasteiger partial charge in [-0.05, 0) is 13.0 Å². The van der Waals surface area contributed by atoms with Crippen molar-refractivity contribution in [3.8, 4) is 16.5 Å². The molecule has 0 saturated heterocycles. The Morgan fingerprint density at radius 1 is 1.40 bits per heavy atom. The second-order valence-corrected chi connectivity index (χ2v) is 7.72. The maximum Gasteiger partial charge on any atom is 0.381 e. The van der Waals surface area contributed by atoms with Crippen LogP contribution in [0.1, 0.15) is 17.5 Å². The van der Waals surface area contributed by atoms with Crippen molar-refractivity contribution in [3.63, 3.8) is 0 Å². The van der Waals surface area contributed by atoms with Crippen LogP contribution >= 0.6 is 22.9 Å². The van der Waals surface area contributed by atoms with E-state index in [9.17, 15) is 9.59 Å². The van der Waals surface area contributed by atoms with Crippen molar-refractivity contribution in [2.45, 2.75) is 13.0 Å². The van der Waals surface area contributed by atoms with Crippen LogP contribution in [0.4, 0.5) is 10.8 Å². The molecule has 0 aliphatic heterocycles. The summed E-state index contributed by atoms with van der Waals surface area (Å²) in [5.41, 5.74) is 0.215. The standard InChI is InChI=1S/C18H20ClN5O5S/c1-9(8-27-3)20-11-7-12(29-17(26)14(11)28-4)15(25)21-18-23-22-16(30-18)13-10(19)5-6-24(13)2/h5-7,9,20H,8H2,1-4H3,(H,21,23,25)/t9-/m1/s1. The number of carbonyl (C=O) groups is 1.